The zero-order valence-corrected chi connectivity index (χ0v) is 20.7. The van der Waals surface area contributed by atoms with Crippen molar-refractivity contribution < 1.29 is 9.13 Å². The van der Waals surface area contributed by atoms with Crippen molar-refractivity contribution in [3.05, 3.63) is 81.7 Å². The highest BCUT2D eigenvalue weighted by Crippen LogP contribution is 2.29. The minimum Gasteiger partial charge on any atom is -0.497 e. The van der Waals surface area contributed by atoms with Crippen LogP contribution >= 0.6 is 0 Å². The summed E-state index contributed by atoms with van der Waals surface area (Å²) in [6.07, 6.45) is 0.723. The molecule has 0 saturated carbocycles. The number of hydrogen-bond donors (Lipinski definition) is 1. The van der Waals surface area contributed by atoms with Gasteiger partial charge in [0.05, 0.1) is 24.2 Å². The molecule has 0 saturated heterocycles. The number of nitrogens with one attached hydrogen (secondary N) is 1. The van der Waals surface area contributed by atoms with Crippen molar-refractivity contribution in [3.63, 3.8) is 0 Å². The van der Waals surface area contributed by atoms with E-state index < -0.39 is 0 Å². The maximum Gasteiger partial charge on any atom is 0.252 e. The average Bonchev–Trinajstić information content (AvgIpc) is 3.31. The third-order valence-corrected chi connectivity index (χ3v) is 6.06. The van der Waals surface area contributed by atoms with Crippen LogP contribution in [0.1, 0.15) is 57.1 Å². The highest BCUT2D eigenvalue weighted by molar-refractivity contribution is 5.80. The highest BCUT2D eigenvalue weighted by atomic mass is 19.1. The summed E-state index contributed by atoms with van der Waals surface area (Å²) in [5.74, 6) is 1.12. The predicted molar refractivity (Wildman–Crippen MR) is 133 cm³/mol. The lowest BCUT2D eigenvalue weighted by molar-refractivity contribution is 0.153. The first-order valence-electron chi connectivity index (χ1n) is 11.7. The molecule has 0 aliphatic carbocycles. The van der Waals surface area contributed by atoms with Crippen molar-refractivity contribution in [2.24, 2.45) is 0 Å². The summed E-state index contributed by atoms with van der Waals surface area (Å²) in [4.78, 5) is 18.2. The first-order valence-corrected chi connectivity index (χ1v) is 11.7. The van der Waals surface area contributed by atoms with Crippen molar-refractivity contribution in [3.8, 4) is 5.75 Å². The summed E-state index contributed by atoms with van der Waals surface area (Å²) in [6.45, 7) is 9.07. The predicted octanol–water partition coefficient (Wildman–Crippen LogP) is 4.57. The number of fused-ring (bicyclic) bond motifs is 1. The van der Waals surface area contributed by atoms with Gasteiger partial charge in [-0.3, -0.25) is 9.69 Å². The summed E-state index contributed by atoms with van der Waals surface area (Å²) in [5, 5.41) is 13.5. The van der Waals surface area contributed by atoms with Crippen LogP contribution in [0.5, 0.6) is 5.75 Å². The molecule has 0 fully saturated rings. The normalized spacial score (nSPS) is 12.9. The minimum atomic E-state index is -0.312. The summed E-state index contributed by atoms with van der Waals surface area (Å²) in [7, 11) is 1.59. The lowest BCUT2D eigenvalue weighted by Gasteiger charge is -2.32. The van der Waals surface area contributed by atoms with E-state index in [0.29, 0.717) is 29.9 Å². The second-order valence-corrected chi connectivity index (χ2v) is 9.65. The molecule has 0 amide bonds. The molecule has 4 aromatic rings. The summed E-state index contributed by atoms with van der Waals surface area (Å²) < 4.78 is 20.7. The Morgan fingerprint density at radius 1 is 1.11 bits per heavy atom. The summed E-state index contributed by atoms with van der Waals surface area (Å²) in [5.41, 5.74) is 1.79. The van der Waals surface area contributed by atoms with Gasteiger partial charge in [-0.05, 0) is 78.9 Å². The molecule has 35 heavy (non-hydrogen) atoms. The van der Waals surface area contributed by atoms with Gasteiger partial charge in [-0.25, -0.2) is 9.07 Å². The van der Waals surface area contributed by atoms with Crippen LogP contribution in [0.2, 0.25) is 0 Å². The smallest absolute Gasteiger partial charge is 0.252 e. The zero-order valence-electron chi connectivity index (χ0n) is 20.7. The van der Waals surface area contributed by atoms with Crippen LogP contribution in [-0.2, 0) is 18.6 Å². The highest BCUT2D eigenvalue weighted by Gasteiger charge is 2.29. The van der Waals surface area contributed by atoms with Gasteiger partial charge >= 0.3 is 0 Å². The van der Waals surface area contributed by atoms with Gasteiger partial charge in [-0.15, -0.1) is 5.10 Å². The number of ether oxygens (including phenoxy) is 1. The molecule has 0 aliphatic heterocycles. The lowest BCUT2D eigenvalue weighted by atomic mass is 10.0. The summed E-state index contributed by atoms with van der Waals surface area (Å²) in [6, 6.07) is 13.8. The Bertz CT molecular complexity index is 1360. The number of tetrazole rings is 1. The van der Waals surface area contributed by atoms with Crippen molar-refractivity contribution in [1.29, 1.82) is 0 Å². The number of aromatic amines is 1. The number of H-pyrrole nitrogens is 1. The Morgan fingerprint density at radius 3 is 2.51 bits per heavy atom. The van der Waals surface area contributed by atoms with Crippen molar-refractivity contribution in [2.75, 3.05) is 7.11 Å². The first-order chi connectivity index (χ1) is 16.7. The van der Waals surface area contributed by atoms with Gasteiger partial charge in [0, 0.05) is 24.7 Å². The number of rotatable bonds is 8. The molecule has 1 unspecified atom stereocenters. The topological polar surface area (TPSA) is 88.9 Å². The fraction of sp³-hybridized carbons (Fsp3) is 0.385. The van der Waals surface area contributed by atoms with E-state index in [-0.39, 0.29) is 23.0 Å². The Hall–Kier alpha value is -3.59. The largest absolute Gasteiger partial charge is 0.497 e. The van der Waals surface area contributed by atoms with Crippen LogP contribution in [0.3, 0.4) is 0 Å². The quantitative estimate of drug-likeness (QED) is 0.399. The zero-order chi connectivity index (χ0) is 25.2. The van der Waals surface area contributed by atoms with Crippen LogP contribution in [0.25, 0.3) is 10.9 Å². The maximum atomic E-state index is 13.6. The van der Waals surface area contributed by atoms with Gasteiger partial charge in [0.2, 0.25) is 0 Å². The molecule has 0 spiro atoms. The van der Waals surface area contributed by atoms with E-state index in [1.807, 2.05) is 49.7 Å². The molecule has 184 valence electrons. The standard InChI is InChI=1S/C26H31FN6O2/c1-6-23(24-29-30-31-33(24)26(2,3)4)32(15-17-7-10-20(27)11-8-17)16-19-13-18-9-12-21(35-5)14-22(18)28-25(19)34/h7-14,23H,6,15-16H2,1-5H3,(H,28,34). The Labute approximate surface area is 203 Å². The SMILES string of the molecule is CCC(c1nnnn1C(C)(C)C)N(Cc1ccc(F)cc1)Cc1cc2ccc(OC)cc2[nH]c1=O. The number of benzene rings is 2. The van der Waals surface area contributed by atoms with Crippen molar-refractivity contribution >= 4 is 10.9 Å². The van der Waals surface area contributed by atoms with Crippen LogP contribution in [0.15, 0.2) is 53.3 Å². The van der Waals surface area contributed by atoms with Crippen LogP contribution in [-0.4, -0.2) is 37.2 Å². The number of hydrogen-bond acceptors (Lipinski definition) is 6. The van der Waals surface area contributed by atoms with Gasteiger partial charge in [0.15, 0.2) is 5.82 Å². The van der Waals surface area contributed by atoms with Crippen LogP contribution in [0, 0.1) is 5.82 Å². The number of nitrogens with zero attached hydrogens (tertiary/aromatic N) is 5. The van der Waals surface area contributed by atoms with E-state index >= 15 is 0 Å². The molecular weight excluding hydrogens is 447 g/mol. The third kappa shape index (κ3) is 5.40. The average molecular weight is 479 g/mol. The second-order valence-electron chi connectivity index (χ2n) is 9.65. The Kier molecular flexibility index (Phi) is 6.98. The molecule has 0 aliphatic rings. The van der Waals surface area contributed by atoms with Crippen molar-refractivity contribution in [2.45, 2.75) is 58.8 Å². The fourth-order valence-corrected chi connectivity index (χ4v) is 4.27. The molecule has 2 aromatic heterocycles. The maximum absolute atomic E-state index is 13.6. The Morgan fingerprint density at radius 2 is 1.86 bits per heavy atom. The van der Waals surface area contributed by atoms with E-state index in [1.165, 1.54) is 12.1 Å². The Balaban J connectivity index is 1.76. The van der Waals surface area contributed by atoms with Crippen LogP contribution in [0.4, 0.5) is 4.39 Å². The van der Waals surface area contributed by atoms with Gasteiger partial charge in [-0.2, -0.15) is 0 Å². The molecule has 1 atom stereocenters. The van der Waals surface area contributed by atoms with E-state index in [2.05, 4.69) is 32.3 Å². The number of halogens is 1. The monoisotopic (exact) mass is 478 g/mol. The molecule has 2 heterocycles. The number of methoxy groups -OCH3 is 1. The second kappa shape index (κ2) is 9.95. The molecule has 9 heteroatoms. The molecule has 2 aromatic carbocycles. The molecule has 8 nitrogen and oxygen atoms in total. The summed E-state index contributed by atoms with van der Waals surface area (Å²) >= 11 is 0. The number of pyridine rings is 1. The lowest BCUT2D eigenvalue weighted by Crippen LogP contribution is -2.35. The number of aromatic nitrogens is 5. The van der Waals surface area contributed by atoms with Gasteiger partial charge in [-0.1, -0.05) is 19.1 Å². The first kappa shape index (κ1) is 24.5. The molecule has 4 rings (SSSR count). The molecule has 1 N–H and O–H groups in total. The molecule has 0 bridgehead atoms. The van der Waals surface area contributed by atoms with Crippen molar-refractivity contribution in [1.82, 2.24) is 30.1 Å². The van der Waals surface area contributed by atoms with E-state index in [0.717, 1.165) is 23.2 Å². The van der Waals surface area contributed by atoms with E-state index in [1.54, 1.807) is 19.2 Å². The van der Waals surface area contributed by atoms with Gasteiger partial charge in [0.25, 0.3) is 5.56 Å². The molecular formula is C26H31FN6O2. The van der Waals surface area contributed by atoms with Gasteiger partial charge < -0.3 is 9.72 Å². The van der Waals surface area contributed by atoms with E-state index in [4.69, 9.17) is 4.74 Å². The van der Waals surface area contributed by atoms with E-state index in [9.17, 15) is 9.18 Å². The molecule has 0 radical (unpaired) electrons. The minimum absolute atomic E-state index is 0.166. The van der Waals surface area contributed by atoms with Gasteiger partial charge in [0.1, 0.15) is 11.6 Å². The third-order valence-electron chi connectivity index (χ3n) is 6.06. The fourth-order valence-electron chi connectivity index (χ4n) is 4.27. The van der Waals surface area contributed by atoms with Crippen LogP contribution < -0.4 is 10.3 Å².